The number of nitrogens with one attached hydrogen (secondary N) is 2. The average Bonchev–Trinajstić information content (AvgIpc) is 3.31. The van der Waals surface area contributed by atoms with Gasteiger partial charge in [0.15, 0.2) is 0 Å². The van der Waals surface area contributed by atoms with E-state index in [9.17, 15) is 14.7 Å². The van der Waals surface area contributed by atoms with Gasteiger partial charge in [-0.25, -0.2) is 4.79 Å². The molecule has 0 bridgehead atoms. The molecule has 0 radical (unpaired) electrons. The van der Waals surface area contributed by atoms with E-state index in [2.05, 4.69) is 15.5 Å². The van der Waals surface area contributed by atoms with Crippen LogP contribution in [0.4, 0.5) is 4.79 Å². The summed E-state index contributed by atoms with van der Waals surface area (Å²) in [5.74, 6) is -0.207. The molecular weight excluding hydrogens is 492 g/mol. The van der Waals surface area contributed by atoms with Crippen LogP contribution in [0.2, 0.25) is 0 Å². The third-order valence-corrected chi connectivity index (χ3v) is 6.97. The van der Waals surface area contributed by atoms with Gasteiger partial charge in [0.1, 0.15) is 11.3 Å². The maximum Gasteiger partial charge on any atom is 0.411 e. The van der Waals surface area contributed by atoms with Crippen molar-refractivity contribution in [2.75, 3.05) is 6.54 Å². The SMILES string of the molecule is CC(c1ccc(Cc2cc(C(=O)NC(C)(C)C)n[nH]2)cc1)N1CCC(CC(C)(C)O)(c2ccccc2)OC1=O. The minimum Gasteiger partial charge on any atom is -0.438 e. The number of carbonyl (C=O) groups excluding carboxylic acids is 2. The van der Waals surface area contributed by atoms with Crippen LogP contribution in [0.15, 0.2) is 60.7 Å². The molecule has 4 rings (SSSR count). The lowest BCUT2D eigenvalue weighted by Gasteiger charge is -2.45. The van der Waals surface area contributed by atoms with Gasteiger partial charge in [0, 0.05) is 37.0 Å². The maximum atomic E-state index is 13.3. The lowest BCUT2D eigenvalue weighted by molar-refractivity contribution is -0.101. The van der Waals surface area contributed by atoms with E-state index in [1.807, 2.05) is 82.3 Å². The van der Waals surface area contributed by atoms with Crippen molar-refractivity contribution in [3.05, 3.63) is 88.7 Å². The highest BCUT2D eigenvalue weighted by Crippen LogP contribution is 2.42. The Morgan fingerprint density at radius 2 is 1.79 bits per heavy atom. The lowest BCUT2D eigenvalue weighted by atomic mass is 9.80. The average molecular weight is 533 g/mol. The van der Waals surface area contributed by atoms with Gasteiger partial charge in [0.25, 0.3) is 5.91 Å². The van der Waals surface area contributed by atoms with E-state index in [4.69, 9.17) is 4.74 Å². The van der Waals surface area contributed by atoms with E-state index in [-0.39, 0.29) is 23.6 Å². The number of rotatable bonds is 8. The topological polar surface area (TPSA) is 108 Å². The van der Waals surface area contributed by atoms with E-state index in [1.165, 1.54) is 0 Å². The third-order valence-electron chi connectivity index (χ3n) is 6.97. The second kappa shape index (κ2) is 10.8. The summed E-state index contributed by atoms with van der Waals surface area (Å²) in [6, 6.07) is 19.4. The van der Waals surface area contributed by atoms with Crippen LogP contribution in [0.25, 0.3) is 0 Å². The molecule has 3 aromatic rings. The minimum atomic E-state index is -0.994. The second-order valence-electron chi connectivity index (χ2n) is 12.2. The maximum absolute atomic E-state index is 13.3. The predicted molar refractivity (Wildman–Crippen MR) is 150 cm³/mol. The van der Waals surface area contributed by atoms with Crippen LogP contribution in [-0.4, -0.2) is 49.9 Å². The second-order valence-corrected chi connectivity index (χ2v) is 12.2. The number of aromatic amines is 1. The molecule has 1 aliphatic rings. The number of hydrogen-bond donors (Lipinski definition) is 3. The van der Waals surface area contributed by atoms with Crippen molar-refractivity contribution in [2.24, 2.45) is 0 Å². The molecule has 0 spiro atoms. The highest BCUT2D eigenvalue weighted by atomic mass is 16.6. The van der Waals surface area contributed by atoms with Gasteiger partial charge in [0.2, 0.25) is 0 Å². The number of carbonyl (C=O) groups is 2. The van der Waals surface area contributed by atoms with Crippen molar-refractivity contribution < 1.29 is 19.4 Å². The smallest absolute Gasteiger partial charge is 0.411 e. The highest BCUT2D eigenvalue weighted by Gasteiger charge is 2.46. The van der Waals surface area contributed by atoms with Crippen LogP contribution in [0.1, 0.15) is 93.3 Å². The number of H-pyrrole nitrogens is 1. The molecule has 2 atom stereocenters. The molecule has 2 heterocycles. The van der Waals surface area contributed by atoms with Crippen LogP contribution in [0.3, 0.4) is 0 Å². The molecule has 1 saturated heterocycles. The van der Waals surface area contributed by atoms with Crippen LogP contribution in [-0.2, 0) is 16.8 Å². The van der Waals surface area contributed by atoms with E-state index in [0.717, 1.165) is 22.4 Å². The summed E-state index contributed by atoms with van der Waals surface area (Å²) in [5, 5.41) is 20.6. The summed E-state index contributed by atoms with van der Waals surface area (Å²) in [7, 11) is 0. The number of amides is 2. The van der Waals surface area contributed by atoms with Gasteiger partial charge in [-0.15, -0.1) is 0 Å². The van der Waals surface area contributed by atoms with Crippen LogP contribution in [0.5, 0.6) is 0 Å². The molecule has 2 amide bonds. The largest absolute Gasteiger partial charge is 0.438 e. The van der Waals surface area contributed by atoms with Crippen LogP contribution < -0.4 is 5.32 Å². The molecule has 8 nitrogen and oxygen atoms in total. The summed E-state index contributed by atoms with van der Waals surface area (Å²) in [4.78, 5) is 27.4. The fourth-order valence-corrected chi connectivity index (χ4v) is 5.18. The first-order valence-electron chi connectivity index (χ1n) is 13.5. The third kappa shape index (κ3) is 7.06. The van der Waals surface area contributed by atoms with Gasteiger partial charge in [-0.2, -0.15) is 5.10 Å². The van der Waals surface area contributed by atoms with E-state index >= 15 is 0 Å². The van der Waals surface area contributed by atoms with Crippen molar-refractivity contribution in [1.29, 1.82) is 0 Å². The van der Waals surface area contributed by atoms with Crippen molar-refractivity contribution in [1.82, 2.24) is 20.4 Å². The Morgan fingerprint density at radius 1 is 1.13 bits per heavy atom. The van der Waals surface area contributed by atoms with Crippen LogP contribution in [0, 0.1) is 0 Å². The Hall–Kier alpha value is -3.65. The highest BCUT2D eigenvalue weighted by molar-refractivity contribution is 5.92. The van der Waals surface area contributed by atoms with Crippen LogP contribution >= 0.6 is 0 Å². The zero-order chi connectivity index (χ0) is 28.4. The Bertz CT molecular complexity index is 1290. The lowest BCUT2D eigenvalue weighted by Crippen LogP contribution is -2.51. The monoisotopic (exact) mass is 532 g/mol. The van der Waals surface area contributed by atoms with E-state index in [1.54, 1.807) is 24.8 Å². The molecule has 1 aromatic heterocycles. The standard InChI is InChI=1S/C31H40N4O4/c1-21(35-17-16-31(39-28(35)37,20-30(5,6)38)24-10-8-7-9-11-24)23-14-12-22(13-15-23)18-25-19-26(34-33-25)27(36)32-29(2,3)4/h7-15,19,21,38H,16-18,20H2,1-6H3,(H,32,36)(H,33,34). The van der Waals surface area contributed by atoms with Crippen molar-refractivity contribution in [3.8, 4) is 0 Å². The number of ether oxygens (including phenoxy) is 1. The molecule has 1 fully saturated rings. The van der Waals surface area contributed by atoms with Crippen molar-refractivity contribution in [3.63, 3.8) is 0 Å². The molecule has 3 N–H and O–H groups in total. The Labute approximate surface area is 230 Å². The van der Waals surface area contributed by atoms with Crippen molar-refractivity contribution in [2.45, 2.75) is 83.6 Å². The number of aliphatic hydroxyl groups is 1. The number of cyclic esters (lactones) is 1. The van der Waals surface area contributed by atoms with Gasteiger partial charge in [-0.3, -0.25) is 9.89 Å². The molecule has 208 valence electrons. The zero-order valence-electron chi connectivity index (χ0n) is 23.7. The number of hydrogen-bond acceptors (Lipinski definition) is 5. The molecule has 2 unspecified atom stereocenters. The van der Waals surface area contributed by atoms with E-state index in [0.29, 0.717) is 31.5 Å². The summed E-state index contributed by atoms with van der Waals surface area (Å²) in [6.45, 7) is 11.8. The molecule has 0 aliphatic carbocycles. The van der Waals surface area contributed by atoms with Crippen molar-refractivity contribution >= 4 is 12.0 Å². The summed E-state index contributed by atoms with van der Waals surface area (Å²) >= 11 is 0. The minimum absolute atomic E-state index is 0.178. The quantitative estimate of drug-likeness (QED) is 0.356. The van der Waals surface area contributed by atoms with Gasteiger partial charge >= 0.3 is 6.09 Å². The summed E-state index contributed by atoms with van der Waals surface area (Å²) in [6.07, 6.45) is 1.12. The molecular formula is C31H40N4O4. The predicted octanol–water partition coefficient (Wildman–Crippen LogP) is 5.49. The molecule has 0 saturated carbocycles. The number of aromatic nitrogens is 2. The molecule has 1 aliphatic heterocycles. The summed E-state index contributed by atoms with van der Waals surface area (Å²) in [5.41, 5.74) is 1.97. The number of nitrogens with zero attached hydrogens (tertiary/aromatic N) is 2. The molecule has 2 aromatic carbocycles. The summed E-state index contributed by atoms with van der Waals surface area (Å²) < 4.78 is 6.13. The van der Waals surface area contributed by atoms with Gasteiger partial charge in [-0.05, 0) is 64.3 Å². The van der Waals surface area contributed by atoms with Gasteiger partial charge in [0.05, 0.1) is 11.6 Å². The Morgan fingerprint density at radius 3 is 2.38 bits per heavy atom. The Balaban J connectivity index is 1.42. The molecule has 39 heavy (non-hydrogen) atoms. The molecule has 8 heteroatoms. The fraction of sp³-hybridized carbons (Fsp3) is 0.452. The number of benzene rings is 2. The first-order valence-corrected chi connectivity index (χ1v) is 13.5. The first-order chi connectivity index (χ1) is 18.2. The fourth-order valence-electron chi connectivity index (χ4n) is 5.18. The van der Waals surface area contributed by atoms with E-state index < -0.39 is 11.2 Å². The van der Waals surface area contributed by atoms with Gasteiger partial charge in [-0.1, -0.05) is 54.6 Å². The Kier molecular flexibility index (Phi) is 7.89. The first kappa shape index (κ1) is 28.4. The normalized spacial score (nSPS) is 18.9. The van der Waals surface area contributed by atoms with Gasteiger partial charge < -0.3 is 20.1 Å². The zero-order valence-corrected chi connectivity index (χ0v) is 23.7.